The van der Waals surface area contributed by atoms with Crippen molar-refractivity contribution in [1.29, 1.82) is 0 Å². The fraction of sp³-hybridized carbons (Fsp3) is 0.333. The third kappa shape index (κ3) is 2.05. The zero-order valence-electron chi connectivity index (χ0n) is 7.03. The van der Waals surface area contributed by atoms with E-state index in [-0.39, 0.29) is 0 Å². The van der Waals surface area contributed by atoms with Gasteiger partial charge in [-0.05, 0) is 26.0 Å². The number of halogens is 2. The standard InChI is InChI=1S/C9H10Cl2O/c1-3-12-9-5-7(10)4-8(11)6(9)2/h4-5H,3H2,1-2H3. The van der Waals surface area contributed by atoms with Gasteiger partial charge in [0.05, 0.1) is 6.61 Å². The van der Waals surface area contributed by atoms with Crippen LogP contribution in [0.2, 0.25) is 10.0 Å². The molecule has 0 fully saturated rings. The van der Waals surface area contributed by atoms with Crippen LogP contribution in [-0.4, -0.2) is 6.61 Å². The summed E-state index contributed by atoms with van der Waals surface area (Å²) in [5.41, 5.74) is 0.933. The summed E-state index contributed by atoms with van der Waals surface area (Å²) < 4.78 is 5.33. The first kappa shape index (κ1) is 9.69. The van der Waals surface area contributed by atoms with E-state index in [1.54, 1.807) is 12.1 Å². The molecule has 1 aromatic carbocycles. The zero-order chi connectivity index (χ0) is 9.14. The highest BCUT2D eigenvalue weighted by Gasteiger charge is 2.04. The van der Waals surface area contributed by atoms with Crippen molar-refractivity contribution in [1.82, 2.24) is 0 Å². The maximum Gasteiger partial charge on any atom is 0.125 e. The quantitative estimate of drug-likeness (QED) is 0.715. The fourth-order valence-electron chi connectivity index (χ4n) is 0.928. The SMILES string of the molecule is CCOc1cc(Cl)cc(Cl)c1C. The van der Waals surface area contributed by atoms with Crippen molar-refractivity contribution >= 4 is 23.2 Å². The van der Waals surface area contributed by atoms with Crippen molar-refractivity contribution in [3.63, 3.8) is 0 Å². The molecule has 0 atom stereocenters. The molecule has 0 radical (unpaired) electrons. The van der Waals surface area contributed by atoms with Crippen LogP contribution in [0.25, 0.3) is 0 Å². The third-order valence-electron chi connectivity index (χ3n) is 1.56. The Morgan fingerprint density at radius 1 is 1.33 bits per heavy atom. The van der Waals surface area contributed by atoms with Gasteiger partial charge >= 0.3 is 0 Å². The van der Waals surface area contributed by atoms with Crippen molar-refractivity contribution in [3.05, 3.63) is 27.7 Å². The number of benzene rings is 1. The minimum atomic E-state index is 0.606. The van der Waals surface area contributed by atoms with E-state index in [0.717, 1.165) is 11.3 Å². The van der Waals surface area contributed by atoms with E-state index in [4.69, 9.17) is 27.9 Å². The molecule has 0 bridgehead atoms. The molecular formula is C9H10Cl2O. The molecule has 0 aliphatic rings. The summed E-state index contributed by atoms with van der Waals surface area (Å²) >= 11 is 11.7. The molecule has 0 N–H and O–H groups in total. The lowest BCUT2D eigenvalue weighted by molar-refractivity contribution is 0.338. The summed E-state index contributed by atoms with van der Waals surface area (Å²) in [6.07, 6.45) is 0. The second-order valence-electron chi connectivity index (χ2n) is 2.44. The summed E-state index contributed by atoms with van der Waals surface area (Å²) in [4.78, 5) is 0. The van der Waals surface area contributed by atoms with E-state index in [2.05, 4.69) is 0 Å². The smallest absolute Gasteiger partial charge is 0.125 e. The summed E-state index contributed by atoms with van der Waals surface area (Å²) in [7, 11) is 0. The van der Waals surface area contributed by atoms with Crippen LogP contribution in [0.15, 0.2) is 12.1 Å². The molecule has 0 aliphatic heterocycles. The van der Waals surface area contributed by atoms with E-state index in [1.165, 1.54) is 0 Å². The van der Waals surface area contributed by atoms with Crippen molar-refractivity contribution < 1.29 is 4.74 Å². The van der Waals surface area contributed by atoms with Gasteiger partial charge in [0.25, 0.3) is 0 Å². The van der Waals surface area contributed by atoms with Crippen LogP contribution >= 0.6 is 23.2 Å². The van der Waals surface area contributed by atoms with Crippen molar-refractivity contribution in [2.75, 3.05) is 6.61 Å². The lowest BCUT2D eigenvalue weighted by Crippen LogP contribution is -1.94. The summed E-state index contributed by atoms with van der Waals surface area (Å²) in [5, 5.41) is 1.25. The molecule has 0 amide bonds. The van der Waals surface area contributed by atoms with E-state index in [1.807, 2.05) is 13.8 Å². The van der Waals surface area contributed by atoms with E-state index < -0.39 is 0 Å². The van der Waals surface area contributed by atoms with Gasteiger partial charge in [0.1, 0.15) is 5.75 Å². The molecule has 1 nitrogen and oxygen atoms in total. The van der Waals surface area contributed by atoms with Crippen LogP contribution in [0, 0.1) is 6.92 Å². The summed E-state index contributed by atoms with van der Waals surface area (Å²) in [6, 6.07) is 3.48. The van der Waals surface area contributed by atoms with Gasteiger partial charge in [0.15, 0.2) is 0 Å². The van der Waals surface area contributed by atoms with Gasteiger partial charge in [-0.25, -0.2) is 0 Å². The second kappa shape index (κ2) is 4.01. The zero-order valence-corrected chi connectivity index (χ0v) is 8.54. The molecule has 1 rings (SSSR count). The molecule has 3 heteroatoms. The summed E-state index contributed by atoms with van der Waals surface area (Å²) in [5.74, 6) is 0.759. The van der Waals surface area contributed by atoms with Gasteiger partial charge < -0.3 is 4.74 Å². The molecule has 0 heterocycles. The molecule has 0 aliphatic carbocycles. The Hall–Kier alpha value is -0.400. The molecule has 0 saturated heterocycles. The Morgan fingerprint density at radius 2 is 2.00 bits per heavy atom. The van der Waals surface area contributed by atoms with Crippen LogP contribution in [0.1, 0.15) is 12.5 Å². The van der Waals surface area contributed by atoms with Crippen LogP contribution in [-0.2, 0) is 0 Å². The highest BCUT2D eigenvalue weighted by molar-refractivity contribution is 6.35. The van der Waals surface area contributed by atoms with Crippen molar-refractivity contribution in [2.45, 2.75) is 13.8 Å². The fourth-order valence-corrected chi connectivity index (χ4v) is 1.40. The van der Waals surface area contributed by atoms with Gasteiger partial charge in [-0.15, -0.1) is 0 Å². The maximum absolute atomic E-state index is 5.89. The van der Waals surface area contributed by atoms with Crippen LogP contribution in [0.4, 0.5) is 0 Å². The monoisotopic (exact) mass is 204 g/mol. The average molecular weight is 205 g/mol. The molecule has 0 unspecified atom stereocenters. The normalized spacial score (nSPS) is 10.0. The minimum absolute atomic E-state index is 0.606. The Balaban J connectivity index is 3.09. The lowest BCUT2D eigenvalue weighted by Gasteiger charge is -2.08. The highest BCUT2D eigenvalue weighted by Crippen LogP contribution is 2.29. The number of hydrogen-bond donors (Lipinski definition) is 0. The third-order valence-corrected chi connectivity index (χ3v) is 2.17. The van der Waals surface area contributed by atoms with E-state index >= 15 is 0 Å². The predicted octanol–water partition coefficient (Wildman–Crippen LogP) is 3.70. The highest BCUT2D eigenvalue weighted by atomic mass is 35.5. The molecule has 0 aromatic heterocycles. The minimum Gasteiger partial charge on any atom is -0.493 e. The summed E-state index contributed by atoms with van der Waals surface area (Å²) in [6.45, 7) is 4.45. The Kier molecular flexibility index (Phi) is 3.24. The molecule has 0 saturated carbocycles. The second-order valence-corrected chi connectivity index (χ2v) is 3.29. The molecule has 0 spiro atoms. The Bertz CT molecular complexity index is 284. The van der Waals surface area contributed by atoms with Gasteiger partial charge in [0.2, 0.25) is 0 Å². The molecule has 12 heavy (non-hydrogen) atoms. The average Bonchev–Trinajstić information content (AvgIpc) is 2.00. The molecular weight excluding hydrogens is 195 g/mol. The van der Waals surface area contributed by atoms with Crippen LogP contribution < -0.4 is 4.74 Å². The van der Waals surface area contributed by atoms with Gasteiger partial charge in [0, 0.05) is 15.6 Å². The van der Waals surface area contributed by atoms with E-state index in [9.17, 15) is 0 Å². The lowest BCUT2D eigenvalue weighted by atomic mass is 10.2. The van der Waals surface area contributed by atoms with Gasteiger partial charge in [-0.1, -0.05) is 23.2 Å². The van der Waals surface area contributed by atoms with Gasteiger partial charge in [-0.3, -0.25) is 0 Å². The molecule has 1 aromatic rings. The Labute approximate surface area is 82.2 Å². The largest absolute Gasteiger partial charge is 0.493 e. The maximum atomic E-state index is 5.89. The van der Waals surface area contributed by atoms with E-state index in [0.29, 0.717) is 16.7 Å². The van der Waals surface area contributed by atoms with Gasteiger partial charge in [-0.2, -0.15) is 0 Å². The van der Waals surface area contributed by atoms with Crippen LogP contribution in [0.3, 0.4) is 0 Å². The first-order valence-corrected chi connectivity index (χ1v) is 4.49. The first-order valence-electron chi connectivity index (χ1n) is 3.73. The van der Waals surface area contributed by atoms with Crippen LogP contribution in [0.5, 0.6) is 5.75 Å². The topological polar surface area (TPSA) is 9.23 Å². The first-order chi connectivity index (χ1) is 5.65. The number of ether oxygens (including phenoxy) is 1. The molecule has 66 valence electrons. The van der Waals surface area contributed by atoms with Crippen molar-refractivity contribution in [3.8, 4) is 5.75 Å². The number of hydrogen-bond acceptors (Lipinski definition) is 1. The van der Waals surface area contributed by atoms with Crippen molar-refractivity contribution in [2.24, 2.45) is 0 Å². The number of rotatable bonds is 2. The predicted molar refractivity (Wildman–Crippen MR) is 52.4 cm³/mol. The Morgan fingerprint density at radius 3 is 2.58 bits per heavy atom.